The fourth-order valence-electron chi connectivity index (χ4n) is 2.02. The SMILES string of the molecule is COC(=O)c1csc(N2CCc3sccc3C2)n1. The van der Waals surface area contributed by atoms with Gasteiger partial charge in [0.1, 0.15) is 0 Å². The first-order chi connectivity index (χ1) is 8.78. The van der Waals surface area contributed by atoms with Gasteiger partial charge >= 0.3 is 5.97 Å². The molecule has 0 unspecified atom stereocenters. The van der Waals surface area contributed by atoms with E-state index in [9.17, 15) is 4.79 Å². The summed E-state index contributed by atoms with van der Waals surface area (Å²) in [5.74, 6) is -0.370. The van der Waals surface area contributed by atoms with Gasteiger partial charge < -0.3 is 9.64 Å². The molecule has 94 valence electrons. The number of nitrogens with zero attached hydrogens (tertiary/aromatic N) is 2. The Morgan fingerprint density at radius 2 is 2.39 bits per heavy atom. The summed E-state index contributed by atoms with van der Waals surface area (Å²) in [6.07, 6.45) is 1.06. The number of methoxy groups -OCH3 is 1. The van der Waals surface area contributed by atoms with Crippen molar-refractivity contribution in [3.05, 3.63) is 33.0 Å². The number of rotatable bonds is 2. The Balaban J connectivity index is 1.80. The number of anilines is 1. The molecule has 4 nitrogen and oxygen atoms in total. The Bertz CT molecular complexity index is 576. The van der Waals surface area contributed by atoms with Crippen LogP contribution in [0.1, 0.15) is 20.9 Å². The number of esters is 1. The molecule has 0 atom stereocenters. The van der Waals surface area contributed by atoms with E-state index in [4.69, 9.17) is 0 Å². The highest BCUT2D eigenvalue weighted by Gasteiger charge is 2.21. The van der Waals surface area contributed by atoms with Gasteiger partial charge in [-0.05, 0) is 23.4 Å². The van der Waals surface area contributed by atoms with Gasteiger partial charge in [0.15, 0.2) is 10.8 Å². The van der Waals surface area contributed by atoms with Crippen molar-refractivity contribution in [2.45, 2.75) is 13.0 Å². The van der Waals surface area contributed by atoms with E-state index in [1.54, 1.807) is 5.38 Å². The van der Waals surface area contributed by atoms with Gasteiger partial charge in [-0.2, -0.15) is 0 Å². The molecular weight excluding hydrogens is 268 g/mol. The Hall–Kier alpha value is -1.40. The van der Waals surface area contributed by atoms with Crippen LogP contribution in [0.4, 0.5) is 5.13 Å². The number of thiophene rings is 1. The maximum atomic E-state index is 11.4. The molecule has 1 aliphatic heterocycles. The quantitative estimate of drug-likeness (QED) is 0.793. The van der Waals surface area contributed by atoms with Crippen molar-refractivity contribution in [1.82, 2.24) is 4.98 Å². The van der Waals surface area contributed by atoms with Gasteiger partial charge in [0.2, 0.25) is 0 Å². The fourth-order valence-corrected chi connectivity index (χ4v) is 3.73. The third-order valence-corrected chi connectivity index (χ3v) is 4.89. The van der Waals surface area contributed by atoms with Gasteiger partial charge in [0.25, 0.3) is 0 Å². The molecule has 2 aromatic rings. The molecule has 0 spiro atoms. The van der Waals surface area contributed by atoms with E-state index in [-0.39, 0.29) is 5.97 Å². The minimum atomic E-state index is -0.370. The van der Waals surface area contributed by atoms with Crippen LogP contribution < -0.4 is 4.90 Å². The lowest BCUT2D eigenvalue weighted by Crippen LogP contribution is -2.29. The van der Waals surface area contributed by atoms with Crippen LogP contribution in [-0.4, -0.2) is 24.6 Å². The van der Waals surface area contributed by atoms with Gasteiger partial charge in [0.05, 0.1) is 7.11 Å². The van der Waals surface area contributed by atoms with E-state index >= 15 is 0 Å². The van der Waals surface area contributed by atoms with Gasteiger partial charge in [-0.15, -0.1) is 22.7 Å². The molecule has 1 aliphatic rings. The summed E-state index contributed by atoms with van der Waals surface area (Å²) >= 11 is 3.31. The van der Waals surface area contributed by atoms with Crippen LogP contribution in [0.5, 0.6) is 0 Å². The number of ether oxygens (including phenoxy) is 1. The van der Waals surface area contributed by atoms with Gasteiger partial charge in [-0.3, -0.25) is 0 Å². The lowest BCUT2D eigenvalue weighted by atomic mass is 10.1. The first-order valence-corrected chi connectivity index (χ1v) is 7.38. The molecule has 0 saturated heterocycles. The third kappa shape index (κ3) is 2.02. The molecule has 0 bridgehead atoms. The number of aromatic nitrogens is 1. The molecule has 0 radical (unpaired) electrons. The van der Waals surface area contributed by atoms with Crippen molar-refractivity contribution in [2.75, 3.05) is 18.6 Å². The highest BCUT2D eigenvalue weighted by atomic mass is 32.1. The fraction of sp³-hybridized carbons (Fsp3) is 0.333. The lowest BCUT2D eigenvalue weighted by Gasteiger charge is -2.26. The van der Waals surface area contributed by atoms with E-state index in [2.05, 4.69) is 26.1 Å². The molecule has 3 rings (SSSR count). The van der Waals surface area contributed by atoms with E-state index in [0.717, 1.165) is 24.6 Å². The summed E-state index contributed by atoms with van der Waals surface area (Å²) in [4.78, 5) is 19.4. The molecule has 2 aromatic heterocycles. The first kappa shape index (κ1) is 11.7. The monoisotopic (exact) mass is 280 g/mol. The normalized spacial score (nSPS) is 14.4. The maximum absolute atomic E-state index is 11.4. The predicted octanol–water partition coefficient (Wildman–Crippen LogP) is 2.55. The largest absolute Gasteiger partial charge is 0.464 e. The Labute approximate surface area is 113 Å². The van der Waals surface area contributed by atoms with Crippen LogP contribution in [-0.2, 0) is 17.7 Å². The number of hydrogen-bond donors (Lipinski definition) is 0. The minimum absolute atomic E-state index is 0.370. The minimum Gasteiger partial charge on any atom is -0.464 e. The van der Waals surface area contributed by atoms with E-state index in [1.807, 2.05) is 11.3 Å². The van der Waals surface area contributed by atoms with Crippen LogP contribution in [0.25, 0.3) is 0 Å². The summed E-state index contributed by atoms with van der Waals surface area (Å²) in [7, 11) is 1.37. The van der Waals surface area contributed by atoms with E-state index < -0.39 is 0 Å². The van der Waals surface area contributed by atoms with Crippen molar-refractivity contribution in [3.8, 4) is 0 Å². The maximum Gasteiger partial charge on any atom is 0.357 e. The number of thiazole rings is 1. The van der Waals surface area contributed by atoms with Gasteiger partial charge in [-0.1, -0.05) is 0 Å². The van der Waals surface area contributed by atoms with Crippen LogP contribution in [0, 0.1) is 0 Å². The first-order valence-electron chi connectivity index (χ1n) is 5.62. The molecule has 6 heteroatoms. The van der Waals surface area contributed by atoms with Crippen molar-refractivity contribution in [1.29, 1.82) is 0 Å². The standard InChI is InChI=1S/C12H12N2O2S2/c1-16-11(15)9-7-18-12(13-9)14-4-2-10-8(6-14)3-5-17-10/h3,5,7H,2,4,6H2,1H3. The second-order valence-electron chi connectivity index (χ2n) is 4.05. The second-order valence-corrected chi connectivity index (χ2v) is 5.88. The van der Waals surface area contributed by atoms with Crippen molar-refractivity contribution in [3.63, 3.8) is 0 Å². The van der Waals surface area contributed by atoms with Gasteiger partial charge in [-0.25, -0.2) is 9.78 Å². The second kappa shape index (κ2) is 4.70. The third-order valence-electron chi connectivity index (χ3n) is 2.96. The Morgan fingerprint density at radius 3 is 3.22 bits per heavy atom. The number of hydrogen-bond acceptors (Lipinski definition) is 6. The Morgan fingerprint density at radius 1 is 1.50 bits per heavy atom. The number of fused-ring (bicyclic) bond motifs is 1. The molecule has 18 heavy (non-hydrogen) atoms. The molecule has 0 aliphatic carbocycles. The van der Waals surface area contributed by atoms with Crippen molar-refractivity contribution >= 4 is 33.8 Å². The average Bonchev–Trinajstić information content (AvgIpc) is 3.05. The lowest BCUT2D eigenvalue weighted by molar-refractivity contribution is 0.0595. The van der Waals surface area contributed by atoms with Crippen molar-refractivity contribution in [2.24, 2.45) is 0 Å². The summed E-state index contributed by atoms with van der Waals surface area (Å²) in [6, 6.07) is 2.17. The smallest absolute Gasteiger partial charge is 0.357 e. The molecule has 0 aromatic carbocycles. The predicted molar refractivity (Wildman–Crippen MR) is 72.5 cm³/mol. The zero-order valence-corrected chi connectivity index (χ0v) is 11.5. The zero-order valence-electron chi connectivity index (χ0n) is 9.88. The number of carbonyl (C=O) groups is 1. The summed E-state index contributed by atoms with van der Waals surface area (Å²) in [6.45, 7) is 1.84. The summed E-state index contributed by atoms with van der Waals surface area (Å²) in [5.41, 5.74) is 1.77. The molecule has 0 amide bonds. The van der Waals surface area contributed by atoms with Crippen LogP contribution in [0.15, 0.2) is 16.8 Å². The molecule has 3 heterocycles. The number of carbonyl (C=O) groups excluding carboxylic acids is 1. The molecular formula is C12H12N2O2S2. The van der Waals surface area contributed by atoms with Crippen LogP contribution in [0.2, 0.25) is 0 Å². The van der Waals surface area contributed by atoms with Crippen molar-refractivity contribution < 1.29 is 9.53 Å². The molecule has 0 saturated carbocycles. The summed E-state index contributed by atoms with van der Waals surface area (Å²) < 4.78 is 4.67. The van der Waals surface area contributed by atoms with Crippen LogP contribution in [0.3, 0.4) is 0 Å². The Kier molecular flexibility index (Phi) is 3.05. The summed E-state index contributed by atoms with van der Waals surface area (Å²) in [5, 5.41) is 4.78. The zero-order chi connectivity index (χ0) is 12.5. The van der Waals surface area contributed by atoms with E-state index in [1.165, 1.54) is 28.9 Å². The van der Waals surface area contributed by atoms with Gasteiger partial charge in [0, 0.05) is 23.3 Å². The molecule has 0 fully saturated rings. The topological polar surface area (TPSA) is 42.4 Å². The molecule has 0 N–H and O–H groups in total. The highest BCUT2D eigenvalue weighted by Crippen LogP contribution is 2.29. The highest BCUT2D eigenvalue weighted by molar-refractivity contribution is 7.14. The van der Waals surface area contributed by atoms with Crippen LogP contribution >= 0.6 is 22.7 Å². The van der Waals surface area contributed by atoms with E-state index in [0.29, 0.717) is 5.69 Å². The average molecular weight is 280 g/mol.